The van der Waals surface area contributed by atoms with Crippen molar-refractivity contribution in [3.05, 3.63) is 122 Å². The fourth-order valence-electron chi connectivity index (χ4n) is 9.64. The van der Waals surface area contributed by atoms with Gasteiger partial charge in [0.05, 0.1) is 4.53 Å². The zero-order chi connectivity index (χ0) is 40.9. The van der Waals surface area contributed by atoms with Crippen molar-refractivity contribution in [1.29, 1.82) is 10.5 Å². The predicted octanol–water partition coefficient (Wildman–Crippen LogP) is 8.23. The predicted molar refractivity (Wildman–Crippen MR) is 231 cm³/mol. The van der Waals surface area contributed by atoms with Gasteiger partial charge in [0.2, 0.25) is 0 Å². The van der Waals surface area contributed by atoms with Crippen LogP contribution in [-0.4, -0.2) is 26.3 Å². The second kappa shape index (κ2) is 15.7. The maximum Gasteiger partial charge on any atom is 0.323 e. The van der Waals surface area contributed by atoms with Crippen LogP contribution in [0, 0.1) is 37.8 Å². The third-order valence-electron chi connectivity index (χ3n) is 12.4. The van der Waals surface area contributed by atoms with E-state index in [1.54, 1.807) is 6.08 Å². The van der Waals surface area contributed by atoms with Crippen LogP contribution in [0.2, 0.25) is 0 Å². The van der Waals surface area contributed by atoms with Crippen LogP contribution in [0.4, 0.5) is 11.4 Å². The van der Waals surface area contributed by atoms with E-state index in [-0.39, 0.29) is 24.8 Å². The van der Waals surface area contributed by atoms with Crippen LogP contribution in [0.1, 0.15) is 107 Å². The van der Waals surface area contributed by atoms with E-state index in [1.165, 1.54) is 43.8 Å². The number of fused-ring (bicyclic) bond motifs is 6. The minimum absolute atomic E-state index is 0.115. The Hall–Kier alpha value is -5.49. The largest absolute Gasteiger partial charge is 0.480 e. The zero-order valence-electron chi connectivity index (χ0n) is 33.4. The number of aromatic nitrogens is 2. The summed E-state index contributed by atoms with van der Waals surface area (Å²) in [5.74, 6) is -0.340. The molecule has 3 atom stereocenters. The monoisotopic (exact) mass is 809 g/mol. The fourth-order valence-corrected chi connectivity index (χ4v) is 12.0. The molecule has 5 aromatic rings. The molecule has 2 aromatic heterocycles. The van der Waals surface area contributed by atoms with Crippen molar-refractivity contribution in [2.75, 3.05) is 4.90 Å². The summed E-state index contributed by atoms with van der Waals surface area (Å²) in [6, 6.07) is 26.1. The summed E-state index contributed by atoms with van der Waals surface area (Å²) < 4.78 is 3.49. The van der Waals surface area contributed by atoms with Crippen molar-refractivity contribution in [2.45, 2.75) is 110 Å². The Morgan fingerprint density at radius 3 is 2.40 bits per heavy atom. The number of benzene rings is 3. The number of hydrogen-bond acceptors (Lipinski definition) is 8. The summed E-state index contributed by atoms with van der Waals surface area (Å²) >= 11 is 2.05. The van der Waals surface area contributed by atoms with Crippen molar-refractivity contribution in [2.24, 2.45) is 5.92 Å². The molecule has 0 spiro atoms. The molecule has 9 nitrogen and oxygen atoms in total. The van der Waals surface area contributed by atoms with E-state index in [9.17, 15) is 30.0 Å². The highest BCUT2D eigenvalue weighted by Gasteiger charge is 2.45. The molecular weight excluding hydrogens is 763 g/mol. The van der Waals surface area contributed by atoms with E-state index < -0.39 is 23.6 Å². The van der Waals surface area contributed by atoms with Crippen LogP contribution in [0.25, 0.3) is 22.8 Å². The van der Waals surface area contributed by atoms with Crippen molar-refractivity contribution >= 4 is 51.7 Å². The number of carbonyl (C=O) groups is 1. The molecule has 1 fully saturated rings. The van der Waals surface area contributed by atoms with Gasteiger partial charge in [0.1, 0.15) is 32.5 Å². The Morgan fingerprint density at radius 2 is 1.64 bits per heavy atom. The van der Waals surface area contributed by atoms with Crippen molar-refractivity contribution in [1.82, 2.24) is 9.13 Å². The average Bonchev–Trinajstić information content (AvgIpc) is 3.96. The first-order chi connectivity index (χ1) is 28.0. The average molecular weight is 810 g/mol. The number of anilines is 2. The second-order valence-electron chi connectivity index (χ2n) is 16.6. The maximum atomic E-state index is 14.0. The highest BCUT2D eigenvalue weighted by atomic mass is 32.1. The highest BCUT2D eigenvalue weighted by Crippen LogP contribution is 2.56. The molecule has 3 unspecified atom stereocenters. The number of nitriles is 2. The van der Waals surface area contributed by atoms with E-state index in [4.69, 9.17) is 0 Å². The summed E-state index contributed by atoms with van der Waals surface area (Å²) in [6.07, 6.45) is 9.90. The van der Waals surface area contributed by atoms with Crippen LogP contribution in [0.5, 0.6) is 0 Å². The molecule has 1 saturated carbocycles. The van der Waals surface area contributed by atoms with Gasteiger partial charge in [-0.15, -0.1) is 22.7 Å². The summed E-state index contributed by atoms with van der Waals surface area (Å²) in [5.41, 5.74) is 8.46. The standard InChI is InChI=1S/C47H47N5O4S2/c1-5-6-7-8-9-12-19-50-44(56)42(58-45(50)30(25-48)26-49)46-51(27-41(53)54)43(55)40(57-46)23-29-15-18-38-35(22-29)34-20-28(2)21-39(34)52(38)31-16-17-33-32-13-10-11-14-36(32)47(3,4)37(33)24-31/h10-11,13-18,22-24,28,34,39H,5-9,12,19-21,27H2,1-4H3,(H,53,54)/b40-23+,46-42+. The molecular formula is C47H47N5O4S2. The number of nitrogens with zero attached hydrogens (tertiary/aromatic N) is 5. The number of carboxylic acids is 1. The van der Waals surface area contributed by atoms with E-state index in [0.29, 0.717) is 35.4 Å². The molecule has 3 aromatic carbocycles. The number of carboxylic acid groups (broad SMARTS) is 1. The highest BCUT2D eigenvalue weighted by molar-refractivity contribution is 7.11. The number of unbranched alkanes of at least 4 members (excludes halogenated alkanes) is 5. The quantitative estimate of drug-likeness (QED) is 0.133. The van der Waals surface area contributed by atoms with Crippen LogP contribution >= 0.6 is 22.7 Å². The van der Waals surface area contributed by atoms with Gasteiger partial charge >= 0.3 is 5.97 Å². The fraction of sp³-hybridized carbons (Fsp3) is 0.383. The normalized spacial score (nSPS) is 19.3. The third-order valence-corrected chi connectivity index (χ3v) is 14.9. The van der Waals surface area contributed by atoms with Gasteiger partial charge in [-0.25, -0.2) is 0 Å². The van der Waals surface area contributed by atoms with E-state index in [0.717, 1.165) is 77.7 Å². The molecule has 0 saturated heterocycles. The molecule has 58 heavy (non-hydrogen) atoms. The molecule has 0 amide bonds. The van der Waals surface area contributed by atoms with Gasteiger partial charge in [0.15, 0.2) is 5.57 Å². The van der Waals surface area contributed by atoms with Crippen molar-refractivity contribution in [3.8, 4) is 23.3 Å². The van der Waals surface area contributed by atoms with Gasteiger partial charge in [-0.2, -0.15) is 10.5 Å². The van der Waals surface area contributed by atoms with Gasteiger partial charge in [0, 0.05) is 35.3 Å². The first-order valence-corrected chi connectivity index (χ1v) is 22.0. The Labute approximate surface area is 345 Å². The van der Waals surface area contributed by atoms with Crippen LogP contribution < -0.4 is 25.2 Å². The lowest BCUT2D eigenvalue weighted by Gasteiger charge is -2.29. The summed E-state index contributed by atoms with van der Waals surface area (Å²) in [5, 5.41) is 29.4. The van der Waals surface area contributed by atoms with E-state index >= 15 is 0 Å². The lowest BCUT2D eigenvalue weighted by Crippen LogP contribution is -2.30. The first kappa shape index (κ1) is 39.3. The molecule has 2 aliphatic carbocycles. The van der Waals surface area contributed by atoms with Gasteiger partial charge in [-0.3, -0.25) is 23.5 Å². The molecule has 11 heteroatoms. The molecule has 1 aliphatic heterocycles. The number of rotatable bonds is 11. The molecule has 296 valence electrons. The van der Waals surface area contributed by atoms with Gasteiger partial charge in [-0.1, -0.05) is 96.2 Å². The smallest absolute Gasteiger partial charge is 0.323 e. The van der Waals surface area contributed by atoms with Crippen LogP contribution in [0.15, 0.2) is 70.3 Å². The SMILES string of the molecule is CCCCCCCCn1c(=C(C#N)C#N)s/c(=c2/s/c(=C/c3ccc4c(c3)C3CC(C)CC3N4c3ccc4c(c3)C(C)(C)c3ccccc3-4)c(=O)n2CC(=O)O)c1=O. The van der Waals surface area contributed by atoms with Gasteiger partial charge < -0.3 is 10.0 Å². The topological polar surface area (TPSA) is 132 Å². The third kappa shape index (κ3) is 6.74. The first-order valence-electron chi connectivity index (χ1n) is 20.4. The number of thiazole rings is 2. The number of aliphatic carboxylic acids is 1. The minimum Gasteiger partial charge on any atom is -0.480 e. The Balaban J connectivity index is 1.23. The van der Waals surface area contributed by atoms with E-state index in [2.05, 4.69) is 87.2 Å². The van der Waals surface area contributed by atoms with Crippen LogP contribution in [-0.2, 0) is 23.3 Å². The summed E-state index contributed by atoms with van der Waals surface area (Å²) in [6.45, 7) is 8.77. The summed E-state index contributed by atoms with van der Waals surface area (Å²) in [4.78, 5) is 42.7. The molecule has 8 rings (SSSR count). The Bertz CT molecular complexity index is 2890. The molecule has 0 bridgehead atoms. The van der Waals surface area contributed by atoms with Crippen molar-refractivity contribution in [3.63, 3.8) is 0 Å². The molecule has 3 heterocycles. The van der Waals surface area contributed by atoms with E-state index in [1.807, 2.05) is 18.2 Å². The second-order valence-corrected chi connectivity index (χ2v) is 18.6. The lowest BCUT2D eigenvalue weighted by molar-refractivity contribution is -0.137. The van der Waals surface area contributed by atoms with Gasteiger partial charge in [-0.05, 0) is 88.9 Å². The zero-order valence-corrected chi connectivity index (χ0v) is 35.0. The van der Waals surface area contributed by atoms with Gasteiger partial charge in [0.25, 0.3) is 11.1 Å². The van der Waals surface area contributed by atoms with Crippen molar-refractivity contribution < 1.29 is 9.90 Å². The Morgan fingerprint density at radius 1 is 0.897 bits per heavy atom. The molecule has 0 radical (unpaired) electrons. The number of hydrogen-bond donors (Lipinski definition) is 1. The molecule has 1 N–H and O–H groups in total. The maximum absolute atomic E-state index is 14.0. The van der Waals surface area contributed by atoms with Crippen LogP contribution in [0.3, 0.4) is 0 Å². The molecule has 3 aliphatic rings. The Kier molecular flexibility index (Phi) is 10.6. The summed E-state index contributed by atoms with van der Waals surface area (Å²) in [7, 11) is 0. The lowest BCUT2D eigenvalue weighted by atomic mass is 9.82. The minimum atomic E-state index is -1.21.